The first kappa shape index (κ1) is 27.3. The van der Waals surface area contributed by atoms with Gasteiger partial charge in [0.25, 0.3) is 5.91 Å². The zero-order valence-electron chi connectivity index (χ0n) is 21.9. The number of hydrogen-bond donors (Lipinski definition) is 2. The second kappa shape index (κ2) is 11.2. The van der Waals surface area contributed by atoms with Crippen molar-refractivity contribution in [3.05, 3.63) is 77.3 Å². The molecule has 42 heavy (non-hydrogen) atoms. The number of rotatable bonds is 8. The van der Waals surface area contributed by atoms with E-state index in [1.807, 2.05) is 0 Å². The average molecular weight is 596 g/mol. The van der Waals surface area contributed by atoms with E-state index in [1.165, 1.54) is 23.6 Å². The normalized spacial score (nSPS) is 17.4. The lowest BCUT2D eigenvalue weighted by atomic mass is 10.00. The third-order valence-electron chi connectivity index (χ3n) is 7.18. The highest BCUT2D eigenvalue weighted by Gasteiger charge is 2.40. The zero-order chi connectivity index (χ0) is 29.4. The summed E-state index contributed by atoms with van der Waals surface area (Å²) in [6, 6.07) is 10.1. The molecule has 2 aliphatic heterocycles. The van der Waals surface area contributed by atoms with Crippen molar-refractivity contribution in [1.82, 2.24) is 34.8 Å². The first-order valence-corrected chi connectivity index (χ1v) is 13.3. The summed E-state index contributed by atoms with van der Waals surface area (Å²) in [4.78, 5) is 37.9. The van der Waals surface area contributed by atoms with E-state index in [9.17, 15) is 18.4 Å². The number of guanidine groups is 1. The molecule has 0 bridgehead atoms. The van der Waals surface area contributed by atoms with Crippen LogP contribution >= 0.6 is 11.6 Å². The summed E-state index contributed by atoms with van der Waals surface area (Å²) in [5.74, 6) is -0.0509. The van der Waals surface area contributed by atoms with E-state index in [1.54, 1.807) is 47.4 Å². The molecule has 4 aromatic rings. The van der Waals surface area contributed by atoms with Crippen molar-refractivity contribution in [2.24, 2.45) is 10.7 Å². The third-order valence-corrected chi connectivity index (χ3v) is 7.51. The molecule has 12 nitrogen and oxygen atoms in total. The number of aromatic amines is 1. The van der Waals surface area contributed by atoms with E-state index in [0.717, 1.165) is 6.42 Å². The minimum Gasteiger partial charge on any atom is -0.447 e. The summed E-state index contributed by atoms with van der Waals surface area (Å²) in [6.45, 7) is -1.72. The van der Waals surface area contributed by atoms with Gasteiger partial charge in [0.05, 0.1) is 17.3 Å². The van der Waals surface area contributed by atoms with Crippen molar-refractivity contribution >= 4 is 29.6 Å². The number of nitrogens with one attached hydrogen (secondary N) is 1. The number of nitrogens with zero attached hydrogens (tertiary/aromatic N) is 7. The lowest BCUT2D eigenvalue weighted by Gasteiger charge is -2.32. The van der Waals surface area contributed by atoms with Gasteiger partial charge in [-0.2, -0.15) is 19.0 Å². The Bertz CT molecular complexity index is 1640. The van der Waals surface area contributed by atoms with Crippen molar-refractivity contribution in [2.45, 2.75) is 25.1 Å². The number of amides is 2. The standard InChI is InChI=1S/C27H24ClF2N9O3/c28-20-7-6-17(10-19(20)23-32-14-33-36-23)21(13-42-27(41)37-8-1-9-37)39-24(40)22(35-26(39)31)16-4-2-15(3-5-16)18-11-34-38(12-18)25(29)30/h2-7,10-12,14,21-22,25H,1,8-9,13H2,(H2,31,35)(H,32,33,36). The Labute approximate surface area is 242 Å². The van der Waals surface area contributed by atoms with Gasteiger partial charge in [0.1, 0.15) is 12.9 Å². The number of carbonyl (C=O) groups excluding carboxylic acids is 2. The van der Waals surface area contributed by atoms with Crippen molar-refractivity contribution in [3.63, 3.8) is 0 Å². The highest BCUT2D eigenvalue weighted by Crippen LogP contribution is 2.36. The topological polar surface area (TPSA) is 148 Å². The number of aliphatic imine (C=N–C) groups is 1. The minimum atomic E-state index is -2.75. The molecule has 2 atom stereocenters. The molecule has 2 aromatic carbocycles. The number of benzene rings is 2. The number of aromatic nitrogens is 5. The summed E-state index contributed by atoms with van der Waals surface area (Å²) >= 11 is 6.43. The van der Waals surface area contributed by atoms with Gasteiger partial charge < -0.3 is 15.4 Å². The molecule has 2 amide bonds. The molecule has 2 aliphatic rings. The van der Waals surface area contributed by atoms with Gasteiger partial charge in [-0.05, 0) is 35.2 Å². The number of nitrogens with two attached hydrogens (primary N) is 1. The Morgan fingerprint density at radius 1 is 1.17 bits per heavy atom. The predicted molar refractivity (Wildman–Crippen MR) is 147 cm³/mol. The lowest BCUT2D eigenvalue weighted by Crippen LogP contribution is -2.45. The van der Waals surface area contributed by atoms with Crippen LogP contribution in [0.4, 0.5) is 13.6 Å². The molecule has 3 N–H and O–H groups in total. The highest BCUT2D eigenvalue weighted by atomic mass is 35.5. The third kappa shape index (κ3) is 5.16. The molecule has 0 spiro atoms. The monoisotopic (exact) mass is 595 g/mol. The zero-order valence-corrected chi connectivity index (χ0v) is 22.7. The molecule has 15 heteroatoms. The summed E-state index contributed by atoms with van der Waals surface area (Å²) < 4.78 is 32.0. The van der Waals surface area contributed by atoms with Crippen LogP contribution in [0.15, 0.2) is 66.2 Å². The van der Waals surface area contributed by atoms with Crippen LogP contribution in [-0.4, -0.2) is 72.4 Å². The number of ether oxygens (including phenoxy) is 1. The first-order valence-electron chi connectivity index (χ1n) is 13.0. The fraction of sp³-hybridized carbons (Fsp3) is 0.259. The first-order chi connectivity index (χ1) is 20.3. The van der Waals surface area contributed by atoms with E-state index < -0.39 is 30.6 Å². The molecule has 1 fully saturated rings. The summed E-state index contributed by atoms with van der Waals surface area (Å²) in [6.07, 6.45) is 4.34. The van der Waals surface area contributed by atoms with Gasteiger partial charge in [0.15, 0.2) is 17.8 Å². The van der Waals surface area contributed by atoms with Crippen LogP contribution in [0.5, 0.6) is 0 Å². The van der Waals surface area contributed by atoms with E-state index >= 15 is 0 Å². The number of halogens is 3. The molecule has 2 aromatic heterocycles. The summed E-state index contributed by atoms with van der Waals surface area (Å²) in [5, 5.41) is 10.7. The Kier molecular flexibility index (Phi) is 7.29. The fourth-order valence-electron chi connectivity index (χ4n) is 4.80. The smallest absolute Gasteiger partial charge is 0.409 e. The minimum absolute atomic E-state index is 0.0477. The lowest BCUT2D eigenvalue weighted by molar-refractivity contribution is -0.130. The van der Waals surface area contributed by atoms with Crippen LogP contribution in [0.3, 0.4) is 0 Å². The van der Waals surface area contributed by atoms with Crippen molar-refractivity contribution in [3.8, 4) is 22.5 Å². The summed E-state index contributed by atoms with van der Waals surface area (Å²) in [5.41, 5.74) is 9.13. The van der Waals surface area contributed by atoms with Gasteiger partial charge in [0, 0.05) is 30.4 Å². The van der Waals surface area contributed by atoms with Gasteiger partial charge in [-0.15, -0.1) is 0 Å². The number of H-pyrrole nitrogens is 1. The number of alkyl halides is 2. The van der Waals surface area contributed by atoms with Crippen LogP contribution in [0.2, 0.25) is 5.02 Å². The second-order valence-corrected chi connectivity index (χ2v) is 10.1. The largest absolute Gasteiger partial charge is 0.447 e. The Hall–Kier alpha value is -4.85. The van der Waals surface area contributed by atoms with Gasteiger partial charge in [-0.25, -0.2) is 19.5 Å². The van der Waals surface area contributed by atoms with Crippen molar-refractivity contribution in [2.75, 3.05) is 19.7 Å². The maximum Gasteiger partial charge on any atom is 0.409 e. The van der Waals surface area contributed by atoms with Crippen LogP contribution in [-0.2, 0) is 9.53 Å². The second-order valence-electron chi connectivity index (χ2n) is 9.71. The highest BCUT2D eigenvalue weighted by molar-refractivity contribution is 6.33. The van der Waals surface area contributed by atoms with E-state index in [-0.39, 0.29) is 12.6 Å². The molecule has 2 unspecified atom stereocenters. The fourth-order valence-corrected chi connectivity index (χ4v) is 5.01. The van der Waals surface area contributed by atoms with E-state index in [4.69, 9.17) is 22.1 Å². The SMILES string of the molecule is NC1=NC(c2ccc(-c3cnn(C(F)F)c3)cc2)C(=O)N1C(COC(=O)N1CCC1)c1ccc(Cl)c(-c2ncn[nH]2)c1. The molecule has 0 saturated carbocycles. The van der Waals surface area contributed by atoms with Crippen LogP contribution in [0.25, 0.3) is 22.5 Å². The van der Waals surface area contributed by atoms with Gasteiger partial charge in [-0.1, -0.05) is 41.9 Å². The maximum atomic E-state index is 13.8. The Balaban J connectivity index is 1.28. The number of hydrogen-bond acceptors (Lipinski definition) is 8. The number of carbonyl (C=O) groups is 2. The van der Waals surface area contributed by atoms with Gasteiger partial charge in [0.2, 0.25) is 0 Å². The van der Waals surface area contributed by atoms with Crippen molar-refractivity contribution in [1.29, 1.82) is 0 Å². The van der Waals surface area contributed by atoms with Crippen molar-refractivity contribution < 1.29 is 23.1 Å². The van der Waals surface area contributed by atoms with Gasteiger partial charge in [-0.3, -0.25) is 14.8 Å². The van der Waals surface area contributed by atoms with Gasteiger partial charge >= 0.3 is 12.6 Å². The molecule has 0 radical (unpaired) electrons. The maximum absolute atomic E-state index is 13.8. The quantitative estimate of drug-likeness (QED) is 0.311. The van der Waals surface area contributed by atoms with E-state index in [0.29, 0.717) is 56.4 Å². The molecule has 0 aliphatic carbocycles. The molecule has 6 rings (SSSR count). The molecule has 216 valence electrons. The van der Waals surface area contributed by atoms with Crippen LogP contribution in [0.1, 0.15) is 36.2 Å². The molecule has 1 saturated heterocycles. The summed E-state index contributed by atoms with van der Waals surface area (Å²) in [7, 11) is 0. The number of likely N-dealkylation sites (tertiary alicyclic amines) is 1. The Morgan fingerprint density at radius 2 is 1.95 bits per heavy atom. The predicted octanol–water partition coefficient (Wildman–Crippen LogP) is 4.17. The molecular formula is C27H24ClF2N9O3. The Morgan fingerprint density at radius 3 is 2.60 bits per heavy atom. The average Bonchev–Trinajstić information content (AvgIpc) is 3.71. The van der Waals surface area contributed by atoms with Crippen LogP contribution in [0, 0.1) is 0 Å². The van der Waals surface area contributed by atoms with Crippen LogP contribution < -0.4 is 5.73 Å². The van der Waals surface area contributed by atoms with E-state index in [2.05, 4.69) is 25.3 Å². The molecule has 4 heterocycles. The molecular weight excluding hydrogens is 572 g/mol.